The lowest BCUT2D eigenvalue weighted by atomic mass is 10.1. The van der Waals surface area contributed by atoms with Gasteiger partial charge in [0.05, 0.1) is 19.6 Å². The number of aliphatic carboxylic acids is 1. The van der Waals surface area contributed by atoms with E-state index in [0.29, 0.717) is 16.7 Å². The van der Waals surface area contributed by atoms with Crippen LogP contribution in [-0.2, 0) is 4.79 Å². The molecule has 0 aromatic heterocycles. The summed E-state index contributed by atoms with van der Waals surface area (Å²) in [6, 6.07) is 0. The molecule has 1 atom stereocenters. The van der Waals surface area contributed by atoms with Crippen LogP contribution in [0.3, 0.4) is 0 Å². The third-order valence-electron chi connectivity index (χ3n) is 5.03. The van der Waals surface area contributed by atoms with Gasteiger partial charge in [-0.05, 0) is 19.3 Å². The molecule has 0 aromatic rings. The van der Waals surface area contributed by atoms with E-state index in [2.05, 4.69) is 20.8 Å². The van der Waals surface area contributed by atoms with E-state index in [4.69, 9.17) is 0 Å². The average molecular weight is 356 g/mol. The summed E-state index contributed by atoms with van der Waals surface area (Å²) in [6.45, 7) is 10.9. The molecule has 0 saturated carbocycles. The number of hydrogen-bond acceptors (Lipinski definition) is 3. The highest BCUT2D eigenvalue weighted by Crippen LogP contribution is 2.20. The highest BCUT2D eigenvalue weighted by atomic mass is 16.4. The minimum absolute atomic E-state index is 0.444. The first-order valence-corrected chi connectivity index (χ1v) is 10.4. The smallest absolute Gasteiger partial charge is 0.145 e. The second-order valence-electron chi connectivity index (χ2n) is 7.54. The number of hydrogen-bond donors (Lipinski definition) is 1. The Hall–Kier alpha value is -1.03. The van der Waals surface area contributed by atoms with Crippen molar-refractivity contribution < 1.29 is 19.5 Å². The molecule has 4 heteroatoms. The minimum Gasteiger partial charge on any atom is -0.550 e. The van der Waals surface area contributed by atoms with Gasteiger partial charge in [0.25, 0.3) is 0 Å². The van der Waals surface area contributed by atoms with Crippen molar-refractivity contribution in [1.29, 1.82) is 0 Å². The Bertz CT molecular complexity index is 371. The second kappa shape index (κ2) is 14.2. The highest BCUT2D eigenvalue weighted by Gasteiger charge is 2.26. The lowest BCUT2D eigenvalue weighted by Crippen LogP contribution is -2.47. The molecule has 0 fully saturated rings. The predicted molar refractivity (Wildman–Crippen MR) is 103 cm³/mol. The van der Waals surface area contributed by atoms with Crippen LogP contribution in [0.5, 0.6) is 0 Å². The SMILES string of the molecule is CCCCCC/C(O)=C/[N+](CCCC)(CCCC)CCC(C)C(=O)[O-]. The van der Waals surface area contributed by atoms with Crippen LogP contribution in [0.15, 0.2) is 12.0 Å². The van der Waals surface area contributed by atoms with E-state index < -0.39 is 11.9 Å². The second-order valence-corrected chi connectivity index (χ2v) is 7.54. The van der Waals surface area contributed by atoms with Gasteiger partial charge in [0.15, 0.2) is 0 Å². The fraction of sp³-hybridized carbons (Fsp3) is 0.857. The molecule has 148 valence electrons. The van der Waals surface area contributed by atoms with Crippen LogP contribution in [0.4, 0.5) is 0 Å². The third kappa shape index (κ3) is 11.2. The van der Waals surface area contributed by atoms with Crippen molar-refractivity contribution >= 4 is 5.97 Å². The molecule has 0 aromatic carbocycles. The number of carbonyl (C=O) groups is 1. The standard InChI is InChI=1S/C21H41NO3/c1-5-8-11-12-13-20(23)18-22(15-9-6-2,16-10-7-3)17-14-19(4)21(24)25/h18-19H,5-17H2,1-4H3,(H-,23,24,25)/b20-18-. The number of carbonyl (C=O) groups excluding carboxylic acids is 1. The maximum absolute atomic E-state index is 11.1. The van der Waals surface area contributed by atoms with Crippen LogP contribution in [0.2, 0.25) is 0 Å². The van der Waals surface area contributed by atoms with Gasteiger partial charge in [-0.15, -0.1) is 0 Å². The van der Waals surface area contributed by atoms with Gasteiger partial charge < -0.3 is 15.0 Å². The molecule has 0 saturated heterocycles. The molecule has 0 spiro atoms. The fourth-order valence-electron chi connectivity index (χ4n) is 3.16. The Morgan fingerprint density at radius 3 is 2.00 bits per heavy atom. The Labute approximate surface area is 155 Å². The van der Waals surface area contributed by atoms with Crippen LogP contribution in [0, 0.1) is 5.92 Å². The van der Waals surface area contributed by atoms with Crippen LogP contribution >= 0.6 is 0 Å². The molecule has 0 aliphatic rings. The third-order valence-corrected chi connectivity index (χ3v) is 5.03. The molecule has 0 bridgehead atoms. The Kier molecular flexibility index (Phi) is 13.6. The quantitative estimate of drug-likeness (QED) is 0.251. The van der Waals surface area contributed by atoms with E-state index in [0.717, 1.165) is 64.6 Å². The van der Waals surface area contributed by atoms with Gasteiger partial charge >= 0.3 is 0 Å². The summed E-state index contributed by atoms with van der Waals surface area (Å²) in [5.41, 5.74) is 0. The van der Waals surface area contributed by atoms with Crippen molar-refractivity contribution in [2.24, 2.45) is 5.92 Å². The van der Waals surface area contributed by atoms with E-state index in [1.807, 2.05) is 6.20 Å². The summed E-state index contributed by atoms with van der Waals surface area (Å²) in [7, 11) is 0. The average Bonchev–Trinajstić information content (AvgIpc) is 2.59. The number of carboxylic acid groups (broad SMARTS) is 1. The first-order chi connectivity index (χ1) is 11.9. The van der Waals surface area contributed by atoms with Gasteiger partial charge in [-0.25, -0.2) is 0 Å². The van der Waals surface area contributed by atoms with Crippen molar-refractivity contribution in [3.05, 3.63) is 12.0 Å². The zero-order valence-corrected chi connectivity index (χ0v) is 17.1. The van der Waals surface area contributed by atoms with Crippen molar-refractivity contribution in [3.63, 3.8) is 0 Å². The fourth-order valence-corrected chi connectivity index (χ4v) is 3.16. The zero-order valence-electron chi connectivity index (χ0n) is 17.1. The van der Waals surface area contributed by atoms with Crippen molar-refractivity contribution in [3.8, 4) is 0 Å². The molecule has 0 aliphatic carbocycles. The van der Waals surface area contributed by atoms with Gasteiger partial charge in [0.2, 0.25) is 0 Å². The van der Waals surface area contributed by atoms with Crippen LogP contribution < -0.4 is 5.11 Å². The number of nitrogens with zero attached hydrogens (tertiary/aromatic N) is 1. The van der Waals surface area contributed by atoms with Gasteiger partial charge in [0, 0.05) is 24.7 Å². The van der Waals surface area contributed by atoms with Gasteiger partial charge in [0.1, 0.15) is 12.0 Å². The Morgan fingerprint density at radius 1 is 0.960 bits per heavy atom. The van der Waals surface area contributed by atoms with Crippen molar-refractivity contribution in [2.75, 3.05) is 19.6 Å². The number of aliphatic hydroxyl groups is 1. The van der Waals surface area contributed by atoms with Crippen molar-refractivity contribution in [2.45, 2.75) is 91.9 Å². The summed E-state index contributed by atoms with van der Waals surface area (Å²) < 4.78 is 0.707. The molecular weight excluding hydrogens is 314 g/mol. The van der Waals surface area contributed by atoms with Crippen LogP contribution in [0.1, 0.15) is 91.9 Å². The summed E-state index contributed by atoms with van der Waals surface area (Å²) in [4.78, 5) is 11.1. The summed E-state index contributed by atoms with van der Waals surface area (Å²) in [5, 5.41) is 21.6. The van der Waals surface area contributed by atoms with E-state index in [1.165, 1.54) is 12.8 Å². The maximum atomic E-state index is 11.1. The molecule has 0 heterocycles. The zero-order chi connectivity index (χ0) is 19.1. The molecule has 1 N–H and O–H groups in total. The number of rotatable bonds is 16. The molecular formula is C21H41NO3. The van der Waals surface area contributed by atoms with Gasteiger partial charge in [-0.2, -0.15) is 0 Å². The maximum Gasteiger partial charge on any atom is 0.145 e. The molecule has 0 rings (SSSR count). The first kappa shape index (κ1) is 24.0. The predicted octanol–water partition coefficient (Wildman–Crippen LogP) is 4.55. The number of aliphatic hydroxyl groups excluding tert-OH is 1. The largest absolute Gasteiger partial charge is 0.550 e. The number of quaternary nitrogens is 1. The van der Waals surface area contributed by atoms with E-state index >= 15 is 0 Å². The summed E-state index contributed by atoms with van der Waals surface area (Å²) in [5.74, 6) is -0.942. The number of allylic oxidation sites excluding steroid dienone is 1. The van der Waals surface area contributed by atoms with Crippen molar-refractivity contribution in [1.82, 2.24) is 0 Å². The van der Waals surface area contributed by atoms with Gasteiger partial charge in [-0.1, -0.05) is 59.8 Å². The Balaban J connectivity index is 5.09. The van der Waals surface area contributed by atoms with E-state index in [-0.39, 0.29) is 0 Å². The van der Waals surface area contributed by atoms with E-state index in [1.54, 1.807) is 6.92 Å². The molecule has 0 radical (unpaired) electrons. The molecule has 1 unspecified atom stereocenters. The topological polar surface area (TPSA) is 60.4 Å². The normalized spacial score (nSPS) is 13.8. The highest BCUT2D eigenvalue weighted by molar-refractivity contribution is 5.66. The molecule has 0 amide bonds. The van der Waals surface area contributed by atoms with Crippen LogP contribution in [-0.4, -0.2) is 35.2 Å². The summed E-state index contributed by atoms with van der Waals surface area (Å²) in [6.07, 6.45) is 12.3. The number of carboxylic acids is 1. The minimum atomic E-state index is -0.975. The lowest BCUT2D eigenvalue weighted by molar-refractivity contribution is -0.881. The Morgan fingerprint density at radius 2 is 1.52 bits per heavy atom. The lowest BCUT2D eigenvalue weighted by Gasteiger charge is -2.36. The van der Waals surface area contributed by atoms with E-state index in [9.17, 15) is 15.0 Å². The molecule has 4 nitrogen and oxygen atoms in total. The summed E-state index contributed by atoms with van der Waals surface area (Å²) >= 11 is 0. The first-order valence-electron chi connectivity index (χ1n) is 10.4. The molecule has 25 heavy (non-hydrogen) atoms. The molecule has 0 aliphatic heterocycles. The monoisotopic (exact) mass is 355 g/mol. The number of unbranched alkanes of at least 4 members (excludes halogenated alkanes) is 5. The van der Waals surface area contributed by atoms with Crippen LogP contribution in [0.25, 0.3) is 0 Å². The van der Waals surface area contributed by atoms with Gasteiger partial charge in [-0.3, -0.25) is 4.48 Å².